The summed E-state index contributed by atoms with van der Waals surface area (Å²) in [6.07, 6.45) is 2.31. The van der Waals surface area contributed by atoms with E-state index in [4.69, 9.17) is 0 Å². The lowest BCUT2D eigenvalue weighted by Crippen LogP contribution is -2.31. The van der Waals surface area contributed by atoms with Gasteiger partial charge in [0.05, 0.1) is 11.5 Å². The fourth-order valence-electron chi connectivity index (χ4n) is 2.51. The van der Waals surface area contributed by atoms with Crippen LogP contribution in [0.3, 0.4) is 0 Å². The summed E-state index contributed by atoms with van der Waals surface area (Å²) >= 11 is 0. The highest BCUT2D eigenvalue weighted by Crippen LogP contribution is 2.17. The molecule has 6 heteroatoms. The van der Waals surface area contributed by atoms with Gasteiger partial charge in [-0.2, -0.15) is 0 Å². The zero-order chi connectivity index (χ0) is 12.3. The predicted molar refractivity (Wildman–Crippen MR) is 65.4 cm³/mol. The van der Waals surface area contributed by atoms with Crippen molar-refractivity contribution in [2.45, 2.75) is 19.3 Å². The number of hydrogen-bond acceptors (Lipinski definition) is 4. The molecule has 2 heterocycles. The third-order valence-electron chi connectivity index (χ3n) is 3.55. The van der Waals surface area contributed by atoms with E-state index in [9.17, 15) is 13.2 Å². The van der Waals surface area contributed by atoms with Crippen LogP contribution in [0, 0.1) is 11.8 Å². The van der Waals surface area contributed by atoms with Gasteiger partial charge in [0.1, 0.15) is 0 Å². The molecule has 0 radical (unpaired) electrons. The van der Waals surface area contributed by atoms with Crippen molar-refractivity contribution < 1.29 is 13.2 Å². The molecule has 0 aromatic heterocycles. The van der Waals surface area contributed by atoms with Gasteiger partial charge in [-0.15, -0.1) is 0 Å². The van der Waals surface area contributed by atoms with Crippen LogP contribution in [0.1, 0.15) is 19.3 Å². The Labute approximate surface area is 102 Å². The highest BCUT2D eigenvalue weighted by molar-refractivity contribution is 7.91. The molecule has 2 fully saturated rings. The molecular weight excluding hydrogens is 240 g/mol. The van der Waals surface area contributed by atoms with Crippen LogP contribution in [-0.2, 0) is 14.6 Å². The summed E-state index contributed by atoms with van der Waals surface area (Å²) in [4.78, 5) is 11.6. The number of rotatable bonds is 4. The standard InChI is InChI=1S/C11H20N2O3S/c14-11(5-9-1-3-12-6-9)13-7-10-2-4-17(15,16)8-10/h9-10,12H,1-8H2,(H,13,14). The van der Waals surface area contributed by atoms with Crippen molar-refractivity contribution in [1.82, 2.24) is 10.6 Å². The first kappa shape index (κ1) is 12.8. The number of nitrogens with one attached hydrogen (secondary N) is 2. The molecule has 2 rings (SSSR count). The van der Waals surface area contributed by atoms with Gasteiger partial charge in [-0.3, -0.25) is 4.79 Å². The van der Waals surface area contributed by atoms with E-state index in [0.29, 0.717) is 25.3 Å². The van der Waals surface area contributed by atoms with Crippen LogP contribution in [0.4, 0.5) is 0 Å². The van der Waals surface area contributed by atoms with E-state index in [0.717, 1.165) is 19.5 Å². The maximum absolute atomic E-state index is 11.6. The van der Waals surface area contributed by atoms with Crippen LogP contribution in [0.5, 0.6) is 0 Å². The minimum Gasteiger partial charge on any atom is -0.356 e. The van der Waals surface area contributed by atoms with Gasteiger partial charge in [0.2, 0.25) is 5.91 Å². The van der Waals surface area contributed by atoms with Crippen LogP contribution in [0.25, 0.3) is 0 Å². The van der Waals surface area contributed by atoms with Gasteiger partial charge >= 0.3 is 0 Å². The number of amides is 1. The van der Waals surface area contributed by atoms with Gasteiger partial charge in [-0.25, -0.2) is 8.42 Å². The Bertz CT molecular complexity index is 374. The number of sulfone groups is 1. The predicted octanol–water partition coefficient (Wildman–Crippen LogP) is -0.463. The van der Waals surface area contributed by atoms with Crippen molar-refractivity contribution in [1.29, 1.82) is 0 Å². The summed E-state index contributed by atoms with van der Waals surface area (Å²) in [7, 11) is -2.83. The summed E-state index contributed by atoms with van der Waals surface area (Å²) in [5, 5.41) is 6.08. The fourth-order valence-corrected chi connectivity index (χ4v) is 4.38. The van der Waals surface area contributed by atoms with Gasteiger partial charge in [0.25, 0.3) is 0 Å². The van der Waals surface area contributed by atoms with Crippen molar-refractivity contribution in [3.8, 4) is 0 Å². The number of carbonyl (C=O) groups is 1. The quantitative estimate of drug-likeness (QED) is 0.717. The van der Waals surface area contributed by atoms with E-state index in [-0.39, 0.29) is 23.3 Å². The molecule has 0 saturated carbocycles. The van der Waals surface area contributed by atoms with Crippen molar-refractivity contribution in [2.24, 2.45) is 11.8 Å². The normalized spacial score (nSPS) is 31.5. The average Bonchev–Trinajstić information content (AvgIpc) is 2.85. The second-order valence-corrected chi connectivity index (χ2v) is 7.36. The number of carbonyl (C=O) groups excluding carboxylic acids is 1. The van der Waals surface area contributed by atoms with Crippen LogP contribution in [0.15, 0.2) is 0 Å². The Morgan fingerprint density at radius 3 is 2.71 bits per heavy atom. The first-order chi connectivity index (χ1) is 8.05. The van der Waals surface area contributed by atoms with Crippen LogP contribution in [-0.4, -0.2) is 45.5 Å². The Kier molecular flexibility index (Phi) is 4.04. The van der Waals surface area contributed by atoms with E-state index in [1.807, 2.05) is 0 Å². The van der Waals surface area contributed by atoms with Gasteiger partial charge in [0, 0.05) is 13.0 Å². The van der Waals surface area contributed by atoms with Crippen molar-refractivity contribution in [3.63, 3.8) is 0 Å². The van der Waals surface area contributed by atoms with E-state index in [1.54, 1.807) is 0 Å². The molecule has 2 aliphatic heterocycles. The molecular formula is C11H20N2O3S. The molecule has 2 unspecified atom stereocenters. The summed E-state index contributed by atoms with van der Waals surface area (Å²) in [6, 6.07) is 0. The Hall–Kier alpha value is -0.620. The minimum absolute atomic E-state index is 0.0583. The van der Waals surface area contributed by atoms with E-state index < -0.39 is 9.84 Å². The smallest absolute Gasteiger partial charge is 0.220 e. The molecule has 0 aromatic rings. The minimum atomic E-state index is -2.83. The summed E-state index contributed by atoms with van der Waals surface area (Å²) in [5.74, 6) is 1.13. The van der Waals surface area contributed by atoms with Crippen LogP contribution < -0.4 is 10.6 Å². The zero-order valence-electron chi connectivity index (χ0n) is 9.94. The van der Waals surface area contributed by atoms with E-state index in [1.165, 1.54) is 0 Å². The molecule has 2 N–H and O–H groups in total. The zero-order valence-corrected chi connectivity index (χ0v) is 10.8. The molecule has 17 heavy (non-hydrogen) atoms. The Morgan fingerprint density at radius 2 is 2.12 bits per heavy atom. The average molecular weight is 260 g/mol. The SMILES string of the molecule is O=C(CC1CCNC1)NCC1CCS(=O)(=O)C1. The highest BCUT2D eigenvalue weighted by atomic mass is 32.2. The largest absolute Gasteiger partial charge is 0.356 e. The lowest BCUT2D eigenvalue weighted by molar-refractivity contribution is -0.122. The van der Waals surface area contributed by atoms with Crippen LogP contribution >= 0.6 is 0 Å². The topological polar surface area (TPSA) is 75.3 Å². The third-order valence-corrected chi connectivity index (χ3v) is 5.39. The maximum Gasteiger partial charge on any atom is 0.220 e. The van der Waals surface area contributed by atoms with Gasteiger partial charge in [-0.1, -0.05) is 0 Å². The molecule has 2 aliphatic rings. The van der Waals surface area contributed by atoms with Crippen molar-refractivity contribution in [3.05, 3.63) is 0 Å². The first-order valence-corrected chi connectivity index (χ1v) is 8.05. The molecule has 0 spiro atoms. The van der Waals surface area contributed by atoms with E-state index >= 15 is 0 Å². The van der Waals surface area contributed by atoms with Gasteiger partial charge in [-0.05, 0) is 37.8 Å². The summed E-state index contributed by atoms with van der Waals surface area (Å²) < 4.78 is 22.5. The maximum atomic E-state index is 11.6. The van der Waals surface area contributed by atoms with E-state index in [2.05, 4.69) is 10.6 Å². The Morgan fingerprint density at radius 1 is 1.29 bits per heavy atom. The monoisotopic (exact) mass is 260 g/mol. The third kappa shape index (κ3) is 3.96. The number of hydrogen-bond donors (Lipinski definition) is 2. The lowest BCUT2D eigenvalue weighted by atomic mass is 10.0. The van der Waals surface area contributed by atoms with Crippen LogP contribution in [0.2, 0.25) is 0 Å². The second kappa shape index (κ2) is 5.35. The lowest BCUT2D eigenvalue weighted by Gasteiger charge is -2.11. The fraction of sp³-hybridized carbons (Fsp3) is 0.909. The molecule has 0 aliphatic carbocycles. The molecule has 1 amide bonds. The van der Waals surface area contributed by atoms with Gasteiger partial charge in [0.15, 0.2) is 9.84 Å². The van der Waals surface area contributed by atoms with Gasteiger partial charge < -0.3 is 10.6 Å². The first-order valence-electron chi connectivity index (χ1n) is 6.23. The molecule has 2 saturated heterocycles. The molecule has 0 aromatic carbocycles. The summed E-state index contributed by atoms with van der Waals surface area (Å²) in [6.45, 7) is 2.43. The van der Waals surface area contributed by atoms with Crippen molar-refractivity contribution in [2.75, 3.05) is 31.1 Å². The molecule has 98 valence electrons. The highest BCUT2D eigenvalue weighted by Gasteiger charge is 2.28. The molecule has 0 bridgehead atoms. The Balaban J connectivity index is 1.66. The van der Waals surface area contributed by atoms with Crippen molar-refractivity contribution >= 4 is 15.7 Å². The second-order valence-electron chi connectivity index (χ2n) is 5.14. The molecule has 2 atom stereocenters. The molecule has 5 nitrogen and oxygen atoms in total. The summed E-state index contributed by atoms with van der Waals surface area (Å²) in [5.41, 5.74) is 0.